The molecule has 10 nitrogen and oxygen atoms in total. The van der Waals surface area contributed by atoms with Crippen LogP contribution < -0.4 is 16.0 Å². The molecule has 1 aliphatic heterocycles. The Balaban J connectivity index is 1.27. The second kappa shape index (κ2) is 16.5. The number of amides is 4. The Morgan fingerprint density at radius 3 is 2.49 bits per heavy atom. The maximum atomic E-state index is 13.5. The first-order valence-corrected chi connectivity index (χ1v) is 17.5. The molecule has 0 spiro atoms. The average molecular weight is 717 g/mol. The Morgan fingerprint density at radius 1 is 0.980 bits per heavy atom. The van der Waals surface area contributed by atoms with E-state index in [2.05, 4.69) is 16.0 Å². The van der Waals surface area contributed by atoms with Crippen LogP contribution in [0.5, 0.6) is 0 Å². The van der Waals surface area contributed by atoms with E-state index in [1.54, 1.807) is 90.7 Å². The maximum absolute atomic E-state index is 13.5. The van der Waals surface area contributed by atoms with Gasteiger partial charge >= 0.3 is 5.97 Å². The number of hydrogen-bond acceptors (Lipinski definition) is 8. The van der Waals surface area contributed by atoms with Crippen LogP contribution in [0.2, 0.25) is 5.02 Å². The van der Waals surface area contributed by atoms with Crippen LogP contribution in [0.1, 0.15) is 50.6 Å². The third-order valence-corrected chi connectivity index (χ3v) is 9.75. The highest BCUT2D eigenvalue weighted by molar-refractivity contribution is 8.00. The van der Waals surface area contributed by atoms with Crippen molar-refractivity contribution in [2.24, 2.45) is 0 Å². The van der Waals surface area contributed by atoms with Gasteiger partial charge in [-0.15, -0.1) is 23.1 Å². The molecular formula is C36H33ClN4O6S2. The monoisotopic (exact) mass is 716 g/mol. The van der Waals surface area contributed by atoms with Gasteiger partial charge in [0.2, 0.25) is 11.8 Å². The molecule has 4 aromatic rings. The fraction of sp³-hybridized carbons (Fsp3) is 0.194. The molecule has 252 valence electrons. The second-order valence-electron chi connectivity index (χ2n) is 10.9. The lowest BCUT2D eigenvalue weighted by molar-refractivity contribution is -0.129. The lowest BCUT2D eigenvalue weighted by atomic mass is 10.0. The Kier molecular flexibility index (Phi) is 11.9. The molecule has 5 rings (SSSR count). The minimum Gasteiger partial charge on any atom is -0.462 e. The SMILES string of the molecule is CCOC(=O)c1c(NC(=O)CSc2cccc(NC(=O)/C(=C/c3cccc(Cl)c3)NC(=O)c3ccccc3)c2)sc2c1CCN(C(C)=O)C2. The van der Waals surface area contributed by atoms with E-state index < -0.39 is 17.8 Å². The average Bonchev–Trinajstić information content (AvgIpc) is 3.44. The van der Waals surface area contributed by atoms with Crippen molar-refractivity contribution in [2.75, 3.05) is 29.5 Å². The second-order valence-corrected chi connectivity index (χ2v) is 13.5. The fourth-order valence-electron chi connectivity index (χ4n) is 5.06. The van der Waals surface area contributed by atoms with E-state index in [0.717, 1.165) is 10.4 Å². The van der Waals surface area contributed by atoms with Gasteiger partial charge in [0.25, 0.3) is 11.8 Å². The number of hydrogen-bond donors (Lipinski definition) is 3. The smallest absolute Gasteiger partial charge is 0.341 e. The summed E-state index contributed by atoms with van der Waals surface area (Å²) >= 11 is 8.67. The summed E-state index contributed by atoms with van der Waals surface area (Å²) in [5.41, 5.74) is 2.61. The van der Waals surface area contributed by atoms with Crippen LogP contribution in [0.25, 0.3) is 6.08 Å². The summed E-state index contributed by atoms with van der Waals surface area (Å²) in [5, 5.41) is 9.28. The van der Waals surface area contributed by atoms with E-state index in [1.807, 2.05) is 0 Å². The van der Waals surface area contributed by atoms with Gasteiger partial charge in [0, 0.05) is 39.5 Å². The summed E-state index contributed by atoms with van der Waals surface area (Å²) in [5.74, 6) is -1.88. The highest BCUT2D eigenvalue weighted by Crippen LogP contribution is 2.38. The normalized spacial score (nSPS) is 12.5. The number of carbonyl (C=O) groups is 5. The zero-order valence-corrected chi connectivity index (χ0v) is 29.1. The molecule has 0 unspecified atom stereocenters. The molecule has 13 heteroatoms. The molecule has 2 heterocycles. The zero-order chi connectivity index (χ0) is 34.9. The van der Waals surface area contributed by atoms with Gasteiger partial charge in [-0.2, -0.15) is 0 Å². The number of anilines is 2. The molecule has 0 aliphatic carbocycles. The summed E-state index contributed by atoms with van der Waals surface area (Å²) in [4.78, 5) is 67.6. The van der Waals surface area contributed by atoms with Crippen molar-refractivity contribution in [1.82, 2.24) is 10.2 Å². The van der Waals surface area contributed by atoms with E-state index in [4.69, 9.17) is 16.3 Å². The molecule has 49 heavy (non-hydrogen) atoms. The number of thiophene rings is 1. The van der Waals surface area contributed by atoms with E-state index in [1.165, 1.54) is 36.1 Å². The maximum Gasteiger partial charge on any atom is 0.341 e. The highest BCUT2D eigenvalue weighted by Gasteiger charge is 2.30. The fourth-order valence-corrected chi connectivity index (χ4v) is 7.28. The summed E-state index contributed by atoms with van der Waals surface area (Å²) in [6, 6.07) is 22.4. The molecule has 3 aromatic carbocycles. The third-order valence-electron chi connectivity index (χ3n) is 7.39. The van der Waals surface area contributed by atoms with Gasteiger partial charge in [0.1, 0.15) is 10.7 Å². The molecule has 1 aromatic heterocycles. The number of esters is 1. The van der Waals surface area contributed by atoms with Gasteiger partial charge in [0.15, 0.2) is 0 Å². The summed E-state index contributed by atoms with van der Waals surface area (Å²) in [6.45, 7) is 4.27. The van der Waals surface area contributed by atoms with Crippen LogP contribution in [-0.2, 0) is 32.1 Å². The van der Waals surface area contributed by atoms with Crippen molar-refractivity contribution in [3.63, 3.8) is 0 Å². The predicted molar refractivity (Wildman–Crippen MR) is 193 cm³/mol. The van der Waals surface area contributed by atoms with E-state index in [9.17, 15) is 24.0 Å². The minimum absolute atomic E-state index is 0.0102. The number of carbonyl (C=O) groups excluding carboxylic acids is 5. The lowest BCUT2D eigenvalue weighted by Gasteiger charge is -2.25. The molecule has 0 radical (unpaired) electrons. The number of thioether (sulfide) groups is 1. The molecule has 0 bridgehead atoms. The highest BCUT2D eigenvalue weighted by atomic mass is 35.5. The Hall–Kier alpha value is -4.91. The van der Waals surface area contributed by atoms with E-state index in [0.29, 0.717) is 56.8 Å². The van der Waals surface area contributed by atoms with Gasteiger partial charge in [-0.1, -0.05) is 48.0 Å². The number of rotatable bonds is 11. The first-order chi connectivity index (χ1) is 23.6. The van der Waals surface area contributed by atoms with Crippen molar-refractivity contribution in [3.8, 4) is 0 Å². The van der Waals surface area contributed by atoms with E-state index in [-0.39, 0.29) is 29.9 Å². The number of benzene rings is 3. The standard InChI is InChI=1S/C36H33ClN4O6S2/c1-3-47-36(46)32-28-15-16-41(22(2)42)20-30(28)49-35(32)40-31(43)21-48-27-14-8-13-26(19-27)38-34(45)29(18-23-9-7-12-25(37)17-23)39-33(44)24-10-5-4-6-11-24/h4-14,17-19H,3,15-16,20-21H2,1-2H3,(H,38,45)(H,39,44)(H,40,43)/b29-18-. The molecule has 3 N–H and O–H groups in total. The van der Waals surface area contributed by atoms with Gasteiger partial charge in [-0.05, 0) is 73.0 Å². The van der Waals surface area contributed by atoms with Gasteiger partial charge < -0.3 is 25.6 Å². The van der Waals surface area contributed by atoms with Crippen LogP contribution in [0.15, 0.2) is 89.5 Å². The molecule has 0 saturated heterocycles. The molecule has 0 fully saturated rings. The number of halogens is 1. The summed E-state index contributed by atoms with van der Waals surface area (Å²) in [6.07, 6.45) is 2.03. The molecule has 4 amide bonds. The van der Waals surface area contributed by atoms with Crippen molar-refractivity contribution < 1.29 is 28.7 Å². The van der Waals surface area contributed by atoms with E-state index >= 15 is 0 Å². The largest absolute Gasteiger partial charge is 0.462 e. The van der Waals surface area contributed by atoms with Crippen molar-refractivity contribution in [3.05, 3.63) is 117 Å². The first kappa shape index (κ1) is 35.4. The Labute approximate surface area is 296 Å². The number of ether oxygens (including phenoxy) is 1. The molecular weight excluding hydrogens is 684 g/mol. The minimum atomic E-state index is -0.555. The van der Waals surface area contributed by atoms with Crippen molar-refractivity contribution in [2.45, 2.75) is 31.7 Å². The van der Waals surface area contributed by atoms with Crippen LogP contribution in [-0.4, -0.2) is 53.4 Å². The van der Waals surface area contributed by atoms with Gasteiger partial charge in [0.05, 0.1) is 24.5 Å². The van der Waals surface area contributed by atoms with Crippen LogP contribution >= 0.6 is 34.7 Å². The van der Waals surface area contributed by atoms with Gasteiger partial charge in [-0.3, -0.25) is 19.2 Å². The van der Waals surface area contributed by atoms with Gasteiger partial charge in [-0.25, -0.2) is 4.79 Å². The Morgan fingerprint density at radius 2 is 1.76 bits per heavy atom. The number of nitrogens with one attached hydrogen (secondary N) is 3. The molecule has 0 atom stereocenters. The quantitative estimate of drug-likeness (QED) is 0.0902. The summed E-state index contributed by atoms with van der Waals surface area (Å²) in [7, 11) is 0. The molecule has 1 aliphatic rings. The Bertz CT molecular complexity index is 1930. The third kappa shape index (κ3) is 9.38. The predicted octanol–water partition coefficient (Wildman–Crippen LogP) is 6.62. The van der Waals surface area contributed by atoms with Crippen LogP contribution in [0.3, 0.4) is 0 Å². The molecule has 0 saturated carbocycles. The van der Waals surface area contributed by atoms with Crippen molar-refractivity contribution in [1.29, 1.82) is 0 Å². The van der Waals surface area contributed by atoms with Crippen LogP contribution in [0.4, 0.5) is 10.7 Å². The van der Waals surface area contributed by atoms with Crippen molar-refractivity contribution >= 4 is 81.1 Å². The lowest BCUT2D eigenvalue weighted by Crippen LogP contribution is -2.34. The van der Waals surface area contributed by atoms with Crippen LogP contribution in [0, 0.1) is 0 Å². The topological polar surface area (TPSA) is 134 Å². The first-order valence-electron chi connectivity index (χ1n) is 15.4. The number of nitrogens with zero attached hydrogens (tertiary/aromatic N) is 1. The summed E-state index contributed by atoms with van der Waals surface area (Å²) < 4.78 is 5.29. The zero-order valence-electron chi connectivity index (χ0n) is 26.7. The number of fused-ring (bicyclic) bond motifs is 1.